The number of pyridine rings is 1. The van der Waals surface area contributed by atoms with Crippen molar-refractivity contribution in [2.24, 2.45) is 23.7 Å². The molecule has 4 atom stereocenters. The van der Waals surface area contributed by atoms with Crippen molar-refractivity contribution in [3.05, 3.63) is 48.7 Å². The normalized spacial score (nSPS) is 28.2. The highest BCUT2D eigenvalue weighted by Gasteiger charge is 2.51. The molecule has 23 heavy (non-hydrogen) atoms. The maximum atomic E-state index is 12.6. The molecule has 1 fully saturated rings. The van der Waals surface area contributed by atoms with E-state index in [4.69, 9.17) is 0 Å². The first-order valence-electron chi connectivity index (χ1n) is 7.70. The molecule has 1 heterocycles. The summed E-state index contributed by atoms with van der Waals surface area (Å²) < 4.78 is 0. The molecule has 2 aliphatic carbocycles. The summed E-state index contributed by atoms with van der Waals surface area (Å²) in [5.74, 6) is -2.20. The molecule has 0 spiro atoms. The van der Waals surface area contributed by atoms with Gasteiger partial charge in [-0.05, 0) is 42.5 Å². The topological polar surface area (TPSA) is 79.3 Å². The lowest BCUT2D eigenvalue weighted by molar-refractivity contribution is -0.146. The number of carbonyl (C=O) groups is 2. The zero-order valence-electron chi connectivity index (χ0n) is 12.3. The number of fused-ring (bicyclic) bond motifs is 3. The minimum atomic E-state index is -0.885. The van der Waals surface area contributed by atoms with Gasteiger partial charge in [-0.25, -0.2) is 0 Å². The van der Waals surface area contributed by atoms with Crippen LogP contribution in [0.2, 0.25) is 0 Å². The maximum absolute atomic E-state index is 12.6. The summed E-state index contributed by atoms with van der Waals surface area (Å²) >= 11 is 0. The molecule has 0 radical (unpaired) electrons. The van der Waals surface area contributed by atoms with Gasteiger partial charge in [0.05, 0.1) is 17.4 Å². The Hall–Kier alpha value is -2.69. The monoisotopic (exact) mass is 308 g/mol. The van der Waals surface area contributed by atoms with E-state index in [0.29, 0.717) is 5.69 Å². The summed E-state index contributed by atoms with van der Waals surface area (Å²) in [6.45, 7) is 0. The number of aromatic nitrogens is 1. The second-order valence-corrected chi connectivity index (χ2v) is 6.24. The first-order chi connectivity index (χ1) is 11.1. The summed E-state index contributed by atoms with van der Waals surface area (Å²) in [7, 11) is 0. The highest BCUT2D eigenvalue weighted by atomic mass is 16.4. The number of carbonyl (C=O) groups excluding carboxylic acids is 1. The number of nitrogens with zero attached hydrogens (tertiary/aromatic N) is 1. The summed E-state index contributed by atoms with van der Waals surface area (Å²) in [6, 6.07) is 9.28. The lowest BCUT2D eigenvalue weighted by Gasteiger charge is -2.23. The van der Waals surface area contributed by atoms with Crippen molar-refractivity contribution in [3.63, 3.8) is 0 Å². The van der Waals surface area contributed by atoms with Gasteiger partial charge in [-0.2, -0.15) is 0 Å². The highest BCUT2D eigenvalue weighted by Crippen LogP contribution is 2.48. The Morgan fingerprint density at radius 2 is 1.91 bits per heavy atom. The molecular formula is C18H16N2O3. The van der Waals surface area contributed by atoms with Crippen molar-refractivity contribution in [3.8, 4) is 0 Å². The van der Waals surface area contributed by atoms with Crippen molar-refractivity contribution < 1.29 is 14.7 Å². The number of anilines is 1. The molecule has 2 N–H and O–H groups in total. The van der Waals surface area contributed by atoms with Crippen LogP contribution in [0.5, 0.6) is 0 Å². The number of nitrogens with one attached hydrogen (secondary N) is 1. The van der Waals surface area contributed by atoms with Gasteiger partial charge in [0, 0.05) is 17.3 Å². The number of hydrogen-bond donors (Lipinski definition) is 2. The Kier molecular flexibility index (Phi) is 3.15. The molecule has 0 aliphatic heterocycles. The molecule has 5 nitrogen and oxygen atoms in total. The van der Waals surface area contributed by atoms with Gasteiger partial charge in [-0.3, -0.25) is 14.6 Å². The van der Waals surface area contributed by atoms with Crippen LogP contribution in [0.1, 0.15) is 6.42 Å². The standard InChI is InChI=1S/C18H16N2O3/c21-17(15-11-3-4-12(8-11)16(15)18(22)23)20-13-5-6-14-10(9-13)2-1-7-19-14/h1-7,9,11-12,15-16H,8H2,(H,20,21)(H,22,23)/t11-,12+,15-,16+/m1/s1. The predicted molar refractivity (Wildman–Crippen MR) is 85.7 cm³/mol. The maximum Gasteiger partial charge on any atom is 0.307 e. The van der Waals surface area contributed by atoms with E-state index in [1.165, 1.54) is 0 Å². The molecule has 1 saturated carbocycles. The van der Waals surface area contributed by atoms with Crippen LogP contribution < -0.4 is 5.32 Å². The van der Waals surface area contributed by atoms with Crippen LogP contribution in [0, 0.1) is 23.7 Å². The van der Waals surface area contributed by atoms with Crippen LogP contribution in [0.15, 0.2) is 48.7 Å². The van der Waals surface area contributed by atoms with E-state index in [9.17, 15) is 14.7 Å². The third-order valence-electron chi connectivity index (χ3n) is 4.92. The number of amides is 1. The summed E-state index contributed by atoms with van der Waals surface area (Å²) in [4.78, 5) is 28.4. The second-order valence-electron chi connectivity index (χ2n) is 6.24. The number of allylic oxidation sites excluding steroid dienone is 2. The van der Waals surface area contributed by atoms with Gasteiger partial charge in [-0.1, -0.05) is 18.2 Å². The van der Waals surface area contributed by atoms with Crippen LogP contribution in [0.4, 0.5) is 5.69 Å². The molecule has 4 rings (SSSR count). The lowest BCUT2D eigenvalue weighted by Crippen LogP contribution is -2.36. The van der Waals surface area contributed by atoms with E-state index in [0.717, 1.165) is 17.3 Å². The Balaban J connectivity index is 1.59. The van der Waals surface area contributed by atoms with Gasteiger partial charge in [0.2, 0.25) is 5.91 Å². The molecule has 0 unspecified atom stereocenters. The number of rotatable bonds is 3. The molecule has 5 heteroatoms. The predicted octanol–water partition coefficient (Wildman–Crippen LogP) is 2.70. The fraction of sp³-hybridized carbons (Fsp3) is 0.278. The van der Waals surface area contributed by atoms with Crippen molar-refractivity contribution in [2.75, 3.05) is 5.32 Å². The smallest absolute Gasteiger partial charge is 0.307 e. The average molecular weight is 308 g/mol. The van der Waals surface area contributed by atoms with Crippen LogP contribution in [0.3, 0.4) is 0 Å². The zero-order chi connectivity index (χ0) is 16.0. The SMILES string of the molecule is O=C(O)[C@@H]1[C@H](C(=O)Nc2ccc3ncccc3c2)[C@@H]2C=C[C@H]1C2. The zero-order valence-corrected chi connectivity index (χ0v) is 12.3. The van der Waals surface area contributed by atoms with Crippen LogP contribution >= 0.6 is 0 Å². The molecule has 1 aromatic heterocycles. The Labute approximate surface area is 133 Å². The first kappa shape index (κ1) is 13.9. The Bertz CT molecular complexity index is 830. The minimum Gasteiger partial charge on any atom is -0.481 e. The Morgan fingerprint density at radius 1 is 1.13 bits per heavy atom. The molecule has 1 amide bonds. The summed E-state index contributed by atoms with van der Waals surface area (Å²) in [6.07, 6.45) is 6.41. The average Bonchev–Trinajstić information content (AvgIpc) is 3.15. The fourth-order valence-electron chi connectivity index (χ4n) is 3.90. The van der Waals surface area contributed by atoms with Gasteiger partial charge in [0.1, 0.15) is 0 Å². The minimum absolute atomic E-state index is 0.0194. The van der Waals surface area contributed by atoms with E-state index in [1.54, 1.807) is 12.3 Å². The van der Waals surface area contributed by atoms with E-state index < -0.39 is 17.8 Å². The molecule has 116 valence electrons. The van der Waals surface area contributed by atoms with Gasteiger partial charge in [0.25, 0.3) is 0 Å². The number of carboxylic acid groups (broad SMARTS) is 1. The van der Waals surface area contributed by atoms with Crippen molar-refractivity contribution >= 4 is 28.5 Å². The van der Waals surface area contributed by atoms with Crippen molar-refractivity contribution in [1.82, 2.24) is 4.98 Å². The summed E-state index contributed by atoms with van der Waals surface area (Å²) in [5, 5.41) is 13.3. The molecule has 2 bridgehead atoms. The molecule has 0 saturated heterocycles. The van der Waals surface area contributed by atoms with Gasteiger partial charge in [0.15, 0.2) is 0 Å². The highest BCUT2D eigenvalue weighted by molar-refractivity contribution is 5.97. The van der Waals surface area contributed by atoms with Gasteiger partial charge < -0.3 is 10.4 Å². The van der Waals surface area contributed by atoms with Crippen LogP contribution in [-0.2, 0) is 9.59 Å². The van der Waals surface area contributed by atoms with Crippen molar-refractivity contribution in [1.29, 1.82) is 0 Å². The largest absolute Gasteiger partial charge is 0.481 e. The van der Waals surface area contributed by atoms with Gasteiger partial charge >= 0.3 is 5.97 Å². The third kappa shape index (κ3) is 2.29. The third-order valence-corrected chi connectivity index (χ3v) is 4.92. The number of hydrogen-bond acceptors (Lipinski definition) is 3. The van der Waals surface area contributed by atoms with Crippen LogP contribution in [-0.4, -0.2) is 22.0 Å². The second kappa shape index (κ2) is 5.19. The van der Waals surface area contributed by atoms with Gasteiger partial charge in [-0.15, -0.1) is 0 Å². The van der Waals surface area contributed by atoms with Crippen molar-refractivity contribution in [2.45, 2.75) is 6.42 Å². The number of aliphatic carboxylic acids is 1. The first-order valence-corrected chi connectivity index (χ1v) is 7.70. The number of carboxylic acids is 1. The lowest BCUT2D eigenvalue weighted by atomic mass is 9.82. The number of benzene rings is 1. The quantitative estimate of drug-likeness (QED) is 0.854. The summed E-state index contributed by atoms with van der Waals surface area (Å²) in [5.41, 5.74) is 1.53. The van der Waals surface area contributed by atoms with E-state index in [2.05, 4.69) is 10.3 Å². The van der Waals surface area contributed by atoms with E-state index in [-0.39, 0.29) is 17.7 Å². The fourth-order valence-corrected chi connectivity index (χ4v) is 3.90. The molecule has 2 aromatic rings. The molecule has 1 aromatic carbocycles. The molecule has 2 aliphatic rings. The van der Waals surface area contributed by atoms with E-state index in [1.807, 2.05) is 36.4 Å². The van der Waals surface area contributed by atoms with Crippen LogP contribution in [0.25, 0.3) is 10.9 Å². The Morgan fingerprint density at radius 3 is 2.70 bits per heavy atom. The molecular weight excluding hydrogens is 292 g/mol. The van der Waals surface area contributed by atoms with E-state index >= 15 is 0 Å².